The van der Waals surface area contributed by atoms with Crippen LogP contribution in [0, 0.1) is 0 Å². The second kappa shape index (κ2) is 8.66. The van der Waals surface area contributed by atoms with Crippen LogP contribution >= 0.6 is 0 Å². The van der Waals surface area contributed by atoms with E-state index in [0.717, 1.165) is 5.01 Å². The van der Waals surface area contributed by atoms with E-state index < -0.39 is 18.2 Å². The van der Waals surface area contributed by atoms with Crippen LogP contribution in [-0.2, 0) is 14.3 Å². The number of hydrogen-bond acceptors (Lipinski definition) is 5. The van der Waals surface area contributed by atoms with Gasteiger partial charge in [-0.25, -0.2) is 20.0 Å². The molecule has 0 aliphatic carbocycles. The minimum Gasteiger partial charge on any atom is -0.449 e. The number of benzene rings is 1. The zero-order chi connectivity index (χ0) is 16.5. The molecule has 0 aliphatic rings. The Morgan fingerprint density at radius 3 is 2.18 bits per heavy atom. The Morgan fingerprint density at radius 2 is 1.68 bits per heavy atom. The zero-order valence-electron chi connectivity index (χ0n) is 12.9. The summed E-state index contributed by atoms with van der Waals surface area (Å²) in [6.45, 7) is 4.84. The Kier molecular flexibility index (Phi) is 6.88. The summed E-state index contributed by atoms with van der Waals surface area (Å²) in [5.74, 6) is -0.323. The summed E-state index contributed by atoms with van der Waals surface area (Å²) in [6.07, 6.45) is -1.67. The molecule has 1 N–H and O–H groups in total. The molecule has 0 aliphatic heterocycles. The van der Waals surface area contributed by atoms with E-state index in [1.807, 2.05) is 0 Å². The average Bonchev–Trinajstić information content (AvgIpc) is 2.48. The van der Waals surface area contributed by atoms with Gasteiger partial charge in [0.25, 0.3) is 0 Å². The highest BCUT2D eigenvalue weighted by molar-refractivity contribution is 5.87. The number of carbonyl (C=O) groups is 3. The van der Waals surface area contributed by atoms with E-state index in [1.165, 1.54) is 6.92 Å². The molecular formula is C15H20N2O5. The Morgan fingerprint density at radius 1 is 1.09 bits per heavy atom. The van der Waals surface area contributed by atoms with Crippen LogP contribution in [-0.4, -0.2) is 36.2 Å². The number of ketones is 1. The van der Waals surface area contributed by atoms with Gasteiger partial charge in [-0.2, -0.15) is 0 Å². The molecule has 0 radical (unpaired) electrons. The Hall–Kier alpha value is -2.57. The van der Waals surface area contributed by atoms with Gasteiger partial charge in [0.1, 0.15) is 6.04 Å². The van der Waals surface area contributed by atoms with E-state index in [1.54, 1.807) is 44.2 Å². The van der Waals surface area contributed by atoms with Gasteiger partial charge in [-0.1, -0.05) is 30.3 Å². The summed E-state index contributed by atoms with van der Waals surface area (Å²) in [6, 6.07) is 7.63. The molecule has 0 heterocycles. The molecule has 0 bridgehead atoms. The van der Waals surface area contributed by atoms with Gasteiger partial charge < -0.3 is 9.47 Å². The van der Waals surface area contributed by atoms with E-state index in [2.05, 4.69) is 5.43 Å². The fraction of sp³-hybridized carbons (Fsp3) is 0.400. The molecule has 1 rings (SSSR count). The van der Waals surface area contributed by atoms with Gasteiger partial charge >= 0.3 is 12.2 Å². The van der Waals surface area contributed by atoms with Gasteiger partial charge in [0.2, 0.25) is 0 Å². The molecule has 7 nitrogen and oxygen atoms in total. The highest BCUT2D eigenvalue weighted by Gasteiger charge is 2.32. The molecule has 0 aromatic heterocycles. The summed E-state index contributed by atoms with van der Waals surface area (Å²) in [4.78, 5) is 35.7. The van der Waals surface area contributed by atoms with Crippen molar-refractivity contribution < 1.29 is 23.9 Å². The molecule has 0 spiro atoms. The first-order chi connectivity index (χ1) is 10.5. The molecule has 22 heavy (non-hydrogen) atoms. The van der Waals surface area contributed by atoms with Gasteiger partial charge in [0, 0.05) is 0 Å². The normalized spacial score (nSPS) is 11.2. The molecule has 0 saturated heterocycles. The zero-order valence-corrected chi connectivity index (χ0v) is 12.9. The van der Waals surface area contributed by atoms with Crippen molar-refractivity contribution in [3.8, 4) is 0 Å². The number of Topliss-reactive ketones (excluding diaryl/α,β-unsaturated/α-hetero) is 1. The van der Waals surface area contributed by atoms with E-state index in [4.69, 9.17) is 9.47 Å². The van der Waals surface area contributed by atoms with Crippen LogP contribution < -0.4 is 5.43 Å². The Labute approximate surface area is 129 Å². The molecule has 1 aromatic rings. The largest absolute Gasteiger partial charge is 0.449 e. The van der Waals surface area contributed by atoms with Crippen LogP contribution in [0.3, 0.4) is 0 Å². The maximum absolute atomic E-state index is 12.1. The van der Waals surface area contributed by atoms with Crippen molar-refractivity contribution in [1.29, 1.82) is 0 Å². The predicted octanol–water partition coefficient (Wildman–Crippen LogP) is 2.44. The van der Waals surface area contributed by atoms with Crippen molar-refractivity contribution in [2.45, 2.75) is 26.8 Å². The van der Waals surface area contributed by atoms with Crippen LogP contribution in [0.25, 0.3) is 0 Å². The van der Waals surface area contributed by atoms with E-state index in [-0.39, 0.29) is 19.0 Å². The molecule has 7 heteroatoms. The standard InChI is InChI=1S/C15H20N2O5/c1-4-21-14(19)16-17(15(20)22-5-2)13(11(3)18)12-9-7-6-8-10-12/h6-10,13H,4-5H2,1-3H3,(H,16,19)/t13-/m0/s1. The summed E-state index contributed by atoms with van der Waals surface area (Å²) in [5.41, 5.74) is 2.81. The molecule has 1 atom stereocenters. The second-order valence-corrected chi connectivity index (χ2v) is 4.33. The van der Waals surface area contributed by atoms with Gasteiger partial charge in [-0.05, 0) is 26.3 Å². The van der Waals surface area contributed by atoms with E-state index >= 15 is 0 Å². The molecule has 1 aromatic carbocycles. The molecule has 0 saturated carbocycles. The topological polar surface area (TPSA) is 84.9 Å². The lowest BCUT2D eigenvalue weighted by Gasteiger charge is -2.29. The summed E-state index contributed by atoms with van der Waals surface area (Å²) in [5, 5.41) is 0.846. The lowest BCUT2D eigenvalue weighted by atomic mass is 10.0. The van der Waals surface area contributed by atoms with Gasteiger partial charge in [0.05, 0.1) is 13.2 Å². The first-order valence-corrected chi connectivity index (χ1v) is 6.96. The number of nitrogens with one attached hydrogen (secondary N) is 1. The molecular weight excluding hydrogens is 288 g/mol. The van der Waals surface area contributed by atoms with Crippen LogP contribution in [0.15, 0.2) is 30.3 Å². The van der Waals surface area contributed by atoms with Crippen molar-refractivity contribution in [1.82, 2.24) is 10.4 Å². The van der Waals surface area contributed by atoms with Crippen molar-refractivity contribution in [3.63, 3.8) is 0 Å². The van der Waals surface area contributed by atoms with Crippen molar-refractivity contribution in [3.05, 3.63) is 35.9 Å². The third-order valence-corrected chi connectivity index (χ3v) is 2.71. The van der Waals surface area contributed by atoms with Crippen molar-refractivity contribution >= 4 is 18.0 Å². The van der Waals surface area contributed by atoms with Crippen molar-refractivity contribution in [2.24, 2.45) is 0 Å². The summed E-state index contributed by atoms with van der Waals surface area (Å²) >= 11 is 0. The number of ether oxygens (including phenoxy) is 2. The lowest BCUT2D eigenvalue weighted by molar-refractivity contribution is -0.122. The molecule has 2 amide bonds. The number of hydrogen-bond donors (Lipinski definition) is 1. The predicted molar refractivity (Wildman–Crippen MR) is 78.9 cm³/mol. The first kappa shape index (κ1) is 17.5. The van der Waals surface area contributed by atoms with Crippen LogP contribution in [0.4, 0.5) is 9.59 Å². The second-order valence-electron chi connectivity index (χ2n) is 4.33. The maximum Gasteiger partial charge on any atom is 0.429 e. The fourth-order valence-corrected chi connectivity index (χ4v) is 1.87. The van der Waals surface area contributed by atoms with Gasteiger partial charge in [-0.3, -0.25) is 4.79 Å². The van der Waals surface area contributed by atoms with Gasteiger partial charge in [-0.15, -0.1) is 0 Å². The van der Waals surface area contributed by atoms with Crippen LogP contribution in [0.1, 0.15) is 32.4 Å². The van der Waals surface area contributed by atoms with Crippen molar-refractivity contribution in [2.75, 3.05) is 13.2 Å². The van der Waals surface area contributed by atoms with E-state index in [9.17, 15) is 14.4 Å². The minimum atomic E-state index is -0.996. The van der Waals surface area contributed by atoms with Gasteiger partial charge in [0.15, 0.2) is 5.78 Å². The number of hydrazine groups is 1. The quantitative estimate of drug-likeness (QED) is 0.844. The minimum absolute atomic E-state index is 0.110. The maximum atomic E-state index is 12.1. The van der Waals surface area contributed by atoms with Crippen LogP contribution in [0.5, 0.6) is 0 Å². The highest BCUT2D eigenvalue weighted by atomic mass is 16.6. The fourth-order valence-electron chi connectivity index (χ4n) is 1.87. The summed E-state index contributed by atoms with van der Waals surface area (Å²) in [7, 11) is 0. The number of nitrogens with zero attached hydrogens (tertiary/aromatic N) is 1. The van der Waals surface area contributed by atoms with E-state index in [0.29, 0.717) is 5.56 Å². The Bertz CT molecular complexity index is 518. The smallest absolute Gasteiger partial charge is 0.429 e. The number of amides is 2. The number of carbonyl (C=O) groups excluding carboxylic acids is 3. The SMILES string of the molecule is CCOC(=O)NN(C(=O)OCC)[C@@H](C(C)=O)c1ccccc1. The van der Waals surface area contributed by atoms with Crippen LogP contribution in [0.2, 0.25) is 0 Å². The lowest BCUT2D eigenvalue weighted by Crippen LogP contribution is -2.50. The third-order valence-electron chi connectivity index (χ3n) is 2.71. The highest BCUT2D eigenvalue weighted by Crippen LogP contribution is 2.21. The first-order valence-electron chi connectivity index (χ1n) is 6.96. The monoisotopic (exact) mass is 308 g/mol. The third kappa shape index (κ3) is 4.76. The molecule has 0 unspecified atom stereocenters. The summed E-state index contributed by atoms with van der Waals surface area (Å²) < 4.78 is 9.66. The average molecular weight is 308 g/mol. The molecule has 0 fully saturated rings. The Balaban J connectivity index is 3.11. The number of rotatable bonds is 5. The molecule has 120 valence electrons.